The number of rotatable bonds is 34. The molecule has 0 unspecified atom stereocenters. The summed E-state index contributed by atoms with van der Waals surface area (Å²) in [6.07, 6.45) is 36.3. The lowest BCUT2D eigenvalue weighted by Crippen LogP contribution is -2.36. The van der Waals surface area contributed by atoms with Gasteiger partial charge in [0.15, 0.2) is 0 Å². The van der Waals surface area contributed by atoms with E-state index in [9.17, 15) is 0 Å². The molecule has 2 aliphatic rings. The van der Waals surface area contributed by atoms with Crippen molar-refractivity contribution in [2.45, 2.75) is 218 Å². The van der Waals surface area contributed by atoms with Crippen molar-refractivity contribution in [3.05, 3.63) is 70.8 Å². The molecule has 0 saturated heterocycles. The van der Waals surface area contributed by atoms with Crippen LogP contribution in [0.5, 0.6) is 0 Å². The highest BCUT2D eigenvalue weighted by molar-refractivity contribution is 6.61. The van der Waals surface area contributed by atoms with Crippen LogP contribution < -0.4 is 10.9 Å². The third-order valence-corrected chi connectivity index (χ3v) is 15.1. The Morgan fingerprint density at radius 1 is 0.323 bits per heavy atom. The maximum absolute atomic E-state index is 5.93. The van der Waals surface area contributed by atoms with Crippen molar-refractivity contribution >= 4 is 25.2 Å². The molecule has 6 heteroatoms. The lowest BCUT2D eigenvalue weighted by Gasteiger charge is -2.35. The fourth-order valence-electron chi connectivity index (χ4n) is 11.7. The molecule has 0 amide bonds. The summed E-state index contributed by atoms with van der Waals surface area (Å²) in [5.74, 6) is 0. The molecule has 0 saturated carbocycles. The van der Waals surface area contributed by atoms with Crippen LogP contribution in [0.25, 0.3) is 22.3 Å². The van der Waals surface area contributed by atoms with Crippen LogP contribution in [0.4, 0.5) is 0 Å². The lowest BCUT2D eigenvalue weighted by molar-refractivity contribution is 0.291. The van der Waals surface area contributed by atoms with Gasteiger partial charge in [-0.15, -0.1) is 0 Å². The second-order valence-corrected chi connectivity index (χ2v) is 19.4. The Morgan fingerprint density at radius 3 is 0.855 bits per heavy atom. The molecule has 0 atom stereocenters. The molecular formula is C56H88B2O4. The Labute approximate surface area is 382 Å². The Morgan fingerprint density at radius 2 is 0.581 bits per heavy atom. The van der Waals surface area contributed by atoms with E-state index < -0.39 is 0 Å². The van der Waals surface area contributed by atoms with Crippen molar-refractivity contribution in [3.63, 3.8) is 0 Å². The molecule has 2 aliphatic carbocycles. The van der Waals surface area contributed by atoms with Crippen LogP contribution in [0.3, 0.4) is 0 Å². The molecule has 4 nitrogen and oxygen atoms in total. The predicted molar refractivity (Wildman–Crippen MR) is 270 cm³/mol. The smallest absolute Gasteiger partial charge is 0.410 e. The quantitative estimate of drug-likeness (QED) is 0.0443. The van der Waals surface area contributed by atoms with E-state index in [1.54, 1.807) is 39.6 Å². The fraction of sp³-hybridized carbons (Fsp3) is 0.679. The van der Waals surface area contributed by atoms with E-state index in [0.29, 0.717) is 0 Å². The molecule has 0 heterocycles. The summed E-state index contributed by atoms with van der Waals surface area (Å²) in [6, 6.07) is 20.0. The molecule has 3 aromatic carbocycles. The maximum Gasteiger partial charge on any atom is 0.493 e. The van der Waals surface area contributed by atoms with E-state index in [1.165, 1.54) is 213 Å². The zero-order chi connectivity index (χ0) is 44.2. The minimum atomic E-state index is -0.374. The lowest BCUT2D eigenvalue weighted by atomic mass is 9.67. The van der Waals surface area contributed by atoms with Crippen molar-refractivity contribution in [1.29, 1.82) is 0 Å². The molecule has 0 bridgehead atoms. The zero-order valence-corrected chi connectivity index (χ0v) is 41.2. The van der Waals surface area contributed by atoms with Crippen LogP contribution in [0, 0.1) is 0 Å². The summed E-state index contributed by atoms with van der Waals surface area (Å²) in [6.45, 7) is 9.31. The first-order valence-electron chi connectivity index (χ1n) is 26.0. The molecule has 0 spiro atoms. The predicted octanol–water partition coefficient (Wildman–Crippen LogP) is 15.2. The molecule has 62 heavy (non-hydrogen) atoms. The van der Waals surface area contributed by atoms with Crippen molar-refractivity contribution in [3.8, 4) is 22.3 Å². The van der Waals surface area contributed by atoms with Gasteiger partial charge in [-0.1, -0.05) is 218 Å². The minimum absolute atomic E-state index is 0.0433. The van der Waals surface area contributed by atoms with Crippen LogP contribution in [0.1, 0.15) is 230 Å². The van der Waals surface area contributed by atoms with Gasteiger partial charge in [-0.05, 0) is 93.2 Å². The molecular weight excluding hydrogens is 758 g/mol. The van der Waals surface area contributed by atoms with E-state index in [1.807, 2.05) is 0 Å². The summed E-state index contributed by atoms with van der Waals surface area (Å²) >= 11 is 0. The SMILES string of the molecule is CCCCCCCCC1(CCCCCCCC)c2cc(B(OC)OC)ccc2-c2cc3c(cc21)-c1ccc(B(OC)OC)cc1C3(CCCCCCCC)CCCCCCCC. The largest absolute Gasteiger partial charge is 0.493 e. The molecule has 0 aliphatic heterocycles. The molecule has 5 rings (SSSR count). The number of hydrogen-bond acceptors (Lipinski definition) is 4. The third-order valence-electron chi connectivity index (χ3n) is 15.1. The number of hydrogen-bond donors (Lipinski definition) is 0. The molecule has 0 aromatic heterocycles. The van der Waals surface area contributed by atoms with Crippen LogP contribution in [-0.2, 0) is 29.4 Å². The van der Waals surface area contributed by atoms with Crippen molar-refractivity contribution in [2.75, 3.05) is 28.4 Å². The zero-order valence-electron chi connectivity index (χ0n) is 41.2. The van der Waals surface area contributed by atoms with E-state index in [2.05, 4.69) is 76.2 Å². The van der Waals surface area contributed by atoms with Gasteiger partial charge in [0, 0.05) is 39.3 Å². The normalized spacial score (nSPS) is 14.2. The molecule has 0 radical (unpaired) electrons. The highest BCUT2D eigenvalue weighted by Crippen LogP contribution is 2.60. The maximum atomic E-state index is 5.93. The van der Waals surface area contributed by atoms with E-state index in [-0.39, 0.29) is 25.1 Å². The Kier molecular flexibility index (Phi) is 21.7. The van der Waals surface area contributed by atoms with Gasteiger partial charge in [0.25, 0.3) is 0 Å². The number of unbranched alkanes of at least 4 members (excludes halogenated alkanes) is 20. The van der Waals surface area contributed by atoms with Gasteiger partial charge >= 0.3 is 14.2 Å². The molecule has 0 fully saturated rings. The standard InChI is InChI=1S/C56H88B2O4/c1-9-13-17-21-25-29-37-55(38-30-26-22-18-14-10-2)51-41-45(57(59-5)60-6)33-35-47(51)49-44-54-50(43-53(49)55)48-36-34-46(58(61-7)62-8)42-52(48)56(54,39-31-27-23-19-15-11-3)40-32-28-24-20-16-12-4/h33-36,41-44H,9-32,37-40H2,1-8H3. The van der Waals surface area contributed by atoms with Crippen LogP contribution in [0.15, 0.2) is 48.5 Å². The second-order valence-electron chi connectivity index (χ2n) is 19.4. The monoisotopic (exact) mass is 847 g/mol. The first kappa shape index (κ1) is 50.6. The topological polar surface area (TPSA) is 36.9 Å². The van der Waals surface area contributed by atoms with Crippen molar-refractivity contribution in [2.24, 2.45) is 0 Å². The summed E-state index contributed by atoms with van der Waals surface area (Å²) in [4.78, 5) is 0. The van der Waals surface area contributed by atoms with Gasteiger partial charge in [0.1, 0.15) is 0 Å². The summed E-state index contributed by atoms with van der Waals surface area (Å²) in [5.41, 5.74) is 14.2. The first-order valence-corrected chi connectivity index (χ1v) is 26.0. The Hall–Kier alpha value is -2.37. The number of fused-ring (bicyclic) bond motifs is 6. The highest BCUT2D eigenvalue weighted by Gasteiger charge is 2.48. The molecule has 0 N–H and O–H groups in total. The van der Waals surface area contributed by atoms with E-state index in [0.717, 1.165) is 10.9 Å². The minimum Gasteiger partial charge on any atom is -0.410 e. The van der Waals surface area contributed by atoms with Gasteiger partial charge in [0.05, 0.1) is 0 Å². The van der Waals surface area contributed by atoms with E-state index in [4.69, 9.17) is 18.6 Å². The van der Waals surface area contributed by atoms with Gasteiger partial charge in [-0.2, -0.15) is 0 Å². The Balaban J connectivity index is 1.71. The third kappa shape index (κ3) is 12.1. The van der Waals surface area contributed by atoms with Crippen LogP contribution >= 0.6 is 0 Å². The summed E-state index contributed by atoms with van der Waals surface area (Å²) in [5, 5.41) is 0. The second kappa shape index (κ2) is 26.6. The average molecular weight is 847 g/mol. The van der Waals surface area contributed by atoms with Crippen molar-refractivity contribution < 1.29 is 18.6 Å². The highest BCUT2D eigenvalue weighted by atomic mass is 16.6. The van der Waals surface area contributed by atoms with Gasteiger partial charge in [-0.25, -0.2) is 0 Å². The Bertz CT molecular complexity index is 1590. The number of benzene rings is 3. The van der Waals surface area contributed by atoms with Crippen molar-refractivity contribution in [1.82, 2.24) is 0 Å². The van der Waals surface area contributed by atoms with Crippen LogP contribution in [-0.4, -0.2) is 42.7 Å². The first-order chi connectivity index (χ1) is 30.4. The van der Waals surface area contributed by atoms with Gasteiger partial charge in [0.2, 0.25) is 0 Å². The van der Waals surface area contributed by atoms with Gasteiger partial charge in [-0.3, -0.25) is 0 Å². The average Bonchev–Trinajstić information content (AvgIpc) is 3.71. The summed E-state index contributed by atoms with van der Waals surface area (Å²) < 4.78 is 23.7. The summed E-state index contributed by atoms with van der Waals surface area (Å²) in [7, 11) is 6.36. The van der Waals surface area contributed by atoms with E-state index >= 15 is 0 Å². The van der Waals surface area contributed by atoms with Crippen LogP contribution in [0.2, 0.25) is 0 Å². The fourth-order valence-corrected chi connectivity index (χ4v) is 11.7. The molecule has 3 aromatic rings. The van der Waals surface area contributed by atoms with Gasteiger partial charge < -0.3 is 18.6 Å². The molecule has 342 valence electrons.